The Kier molecular flexibility index (Phi) is 8.92. The fourth-order valence-corrected chi connectivity index (χ4v) is 17.5. The number of rotatable bonds is 6. The van der Waals surface area contributed by atoms with Crippen molar-refractivity contribution in [3.8, 4) is 55.6 Å². The van der Waals surface area contributed by atoms with Gasteiger partial charge in [-0.3, -0.25) is 0 Å². The molecule has 73 heavy (non-hydrogen) atoms. The van der Waals surface area contributed by atoms with Crippen LogP contribution in [0.15, 0.2) is 212 Å². The van der Waals surface area contributed by atoms with E-state index in [0.29, 0.717) is 11.8 Å². The normalized spacial score (nSPS) is 21.5. The van der Waals surface area contributed by atoms with Crippen LogP contribution in [0.3, 0.4) is 0 Å². The zero-order valence-electron chi connectivity index (χ0n) is 41.4. The Morgan fingerprint density at radius 2 is 0.877 bits per heavy atom. The molecule has 0 unspecified atom stereocenters. The van der Waals surface area contributed by atoms with Gasteiger partial charge < -0.3 is 4.90 Å². The SMILES string of the molecule is CC1(C)c2ccccc2-c2cccc(-c3ccccc3-c3ccc(N(c4ccc(-c5cccc6c5sc5c7ccccc7ccc65)cc4)c4ccc5c(c4)C4(c6ccccc6-5)C5CC6CC(C5)CC4C6)cc3)c21. The molecule has 6 aliphatic carbocycles. The third-order valence-electron chi connectivity index (χ3n) is 18.9. The Morgan fingerprint density at radius 3 is 1.60 bits per heavy atom. The average molecular weight is 954 g/mol. The molecule has 0 N–H and O–H groups in total. The van der Waals surface area contributed by atoms with Crippen LogP contribution in [-0.4, -0.2) is 0 Å². The maximum atomic E-state index is 2.65. The Morgan fingerprint density at radius 1 is 0.370 bits per heavy atom. The monoisotopic (exact) mass is 953 g/mol. The first kappa shape index (κ1) is 42.0. The van der Waals surface area contributed by atoms with Crippen LogP contribution in [-0.2, 0) is 10.8 Å². The Balaban J connectivity index is 0.836. The van der Waals surface area contributed by atoms with Gasteiger partial charge in [0.25, 0.3) is 0 Å². The topological polar surface area (TPSA) is 3.24 Å². The van der Waals surface area contributed by atoms with Crippen molar-refractivity contribution in [2.24, 2.45) is 23.7 Å². The fraction of sp³-hybridized carbons (Fsp3) is 0.183. The number of hydrogen-bond donors (Lipinski definition) is 0. The van der Waals surface area contributed by atoms with Crippen LogP contribution in [0.4, 0.5) is 17.1 Å². The minimum absolute atomic E-state index is 0.0836. The van der Waals surface area contributed by atoms with Crippen molar-refractivity contribution in [3.63, 3.8) is 0 Å². The lowest BCUT2D eigenvalue weighted by atomic mass is 9.43. The molecule has 0 saturated heterocycles. The molecule has 17 rings (SSSR count). The van der Waals surface area contributed by atoms with Gasteiger partial charge in [-0.15, -0.1) is 11.3 Å². The summed E-state index contributed by atoms with van der Waals surface area (Å²) in [6.07, 6.45) is 6.95. The zero-order valence-corrected chi connectivity index (χ0v) is 42.2. The second-order valence-electron chi connectivity index (χ2n) is 22.8. The molecule has 4 bridgehead atoms. The van der Waals surface area contributed by atoms with Crippen LogP contribution in [0.5, 0.6) is 0 Å². The maximum absolute atomic E-state index is 2.65. The average Bonchev–Trinajstić information content (AvgIpc) is 4.04. The number of nitrogens with zero attached hydrogens (tertiary/aromatic N) is 1. The molecule has 6 aliphatic rings. The molecule has 1 heterocycles. The smallest absolute Gasteiger partial charge is 0.0465 e. The van der Waals surface area contributed by atoms with Gasteiger partial charge in [0.1, 0.15) is 0 Å². The van der Waals surface area contributed by atoms with Crippen molar-refractivity contribution >= 4 is 59.3 Å². The molecule has 10 aromatic carbocycles. The highest BCUT2D eigenvalue weighted by atomic mass is 32.1. The summed E-state index contributed by atoms with van der Waals surface area (Å²) in [5.74, 6) is 3.20. The molecule has 4 fully saturated rings. The second-order valence-corrected chi connectivity index (χ2v) is 23.8. The van der Waals surface area contributed by atoms with E-state index in [0.717, 1.165) is 11.8 Å². The number of hydrogen-bond acceptors (Lipinski definition) is 2. The van der Waals surface area contributed by atoms with E-state index in [9.17, 15) is 0 Å². The van der Waals surface area contributed by atoms with Crippen molar-refractivity contribution in [3.05, 3.63) is 235 Å². The molecule has 1 aromatic heterocycles. The quantitative estimate of drug-likeness (QED) is 0.161. The number of thiophene rings is 1. The Hall–Kier alpha value is -7.52. The molecule has 0 radical (unpaired) electrons. The first-order valence-electron chi connectivity index (χ1n) is 26.8. The van der Waals surface area contributed by atoms with Crippen LogP contribution < -0.4 is 4.90 Å². The molecule has 1 spiro atoms. The highest BCUT2D eigenvalue weighted by molar-refractivity contribution is 7.27. The van der Waals surface area contributed by atoms with Gasteiger partial charge in [-0.05, 0) is 181 Å². The standard InChI is InChI=1S/C71H55NS/c1-70(2)64-23-9-7-18-58(64)61-21-12-20-60(67(61)70)56-16-6-5-14-53(56)46-25-30-50(31-26-46)72(51-32-27-47(28-33-51)55-19-11-22-62-63-35-29-45-13-3-4-15-54(45)69(63)73-68(55)62)52-34-36-59-57-17-8-10-24-65(57)71(66(59)42-52)48-38-43-37-44(40-48)41-49(71)39-43/h3-36,42-44,48-49H,37-41H2,1-2H3. The summed E-state index contributed by atoms with van der Waals surface area (Å²) in [5.41, 5.74) is 22.8. The molecular weight excluding hydrogens is 899 g/mol. The lowest BCUT2D eigenvalue weighted by molar-refractivity contribution is -0.0399. The third kappa shape index (κ3) is 5.90. The summed E-state index contributed by atoms with van der Waals surface area (Å²) in [7, 11) is 0. The van der Waals surface area contributed by atoms with E-state index in [-0.39, 0.29) is 10.8 Å². The van der Waals surface area contributed by atoms with Gasteiger partial charge in [0.05, 0.1) is 0 Å². The molecule has 0 amide bonds. The molecular formula is C71H55NS. The van der Waals surface area contributed by atoms with E-state index < -0.39 is 0 Å². The van der Waals surface area contributed by atoms with E-state index in [1.807, 2.05) is 11.3 Å². The molecule has 1 nitrogen and oxygen atoms in total. The highest BCUT2D eigenvalue weighted by Crippen LogP contribution is 2.70. The Labute approximate surface area is 432 Å². The van der Waals surface area contributed by atoms with Crippen LogP contribution in [0, 0.1) is 23.7 Å². The van der Waals surface area contributed by atoms with Crippen molar-refractivity contribution < 1.29 is 0 Å². The number of fused-ring (bicyclic) bond motifs is 11. The molecule has 2 heteroatoms. The number of anilines is 3. The van der Waals surface area contributed by atoms with Crippen LogP contribution in [0.25, 0.3) is 86.6 Å². The lowest BCUT2D eigenvalue weighted by Crippen LogP contribution is -2.55. The molecule has 11 aromatic rings. The second kappa shape index (κ2) is 15.5. The highest BCUT2D eigenvalue weighted by Gasteiger charge is 2.61. The summed E-state index contributed by atoms with van der Waals surface area (Å²) < 4.78 is 2.72. The molecule has 0 atom stereocenters. The van der Waals surface area contributed by atoms with Gasteiger partial charge in [-0.2, -0.15) is 0 Å². The summed E-state index contributed by atoms with van der Waals surface area (Å²) in [5, 5.41) is 5.30. The van der Waals surface area contributed by atoms with Gasteiger partial charge in [0.2, 0.25) is 0 Å². The Bertz CT molecular complexity index is 4050. The van der Waals surface area contributed by atoms with E-state index in [2.05, 4.69) is 231 Å². The van der Waals surface area contributed by atoms with Gasteiger partial charge in [0, 0.05) is 48.1 Å². The minimum atomic E-state index is -0.110. The van der Waals surface area contributed by atoms with Crippen LogP contribution in [0.2, 0.25) is 0 Å². The van der Waals surface area contributed by atoms with Crippen LogP contribution in [0.1, 0.15) is 68.2 Å². The first-order valence-corrected chi connectivity index (χ1v) is 27.6. The first-order chi connectivity index (χ1) is 35.9. The minimum Gasteiger partial charge on any atom is -0.310 e. The van der Waals surface area contributed by atoms with Gasteiger partial charge in [0.15, 0.2) is 0 Å². The van der Waals surface area contributed by atoms with E-state index in [1.54, 1.807) is 11.1 Å². The van der Waals surface area contributed by atoms with Crippen molar-refractivity contribution in [2.45, 2.75) is 56.8 Å². The molecule has 350 valence electrons. The van der Waals surface area contributed by atoms with Crippen molar-refractivity contribution in [2.75, 3.05) is 4.90 Å². The lowest BCUT2D eigenvalue weighted by Gasteiger charge is -2.61. The zero-order chi connectivity index (χ0) is 48.2. The molecule has 4 saturated carbocycles. The van der Waals surface area contributed by atoms with Crippen LogP contribution >= 0.6 is 11.3 Å². The molecule has 0 aliphatic heterocycles. The van der Waals surface area contributed by atoms with Gasteiger partial charge in [-0.1, -0.05) is 190 Å². The summed E-state index contributed by atoms with van der Waals surface area (Å²) >= 11 is 1.93. The number of benzene rings is 10. The largest absolute Gasteiger partial charge is 0.310 e. The predicted octanol–water partition coefficient (Wildman–Crippen LogP) is 19.7. The fourth-order valence-electron chi connectivity index (χ4n) is 16.1. The van der Waals surface area contributed by atoms with E-state index >= 15 is 0 Å². The summed E-state index contributed by atoms with van der Waals surface area (Å²) in [6, 6.07) is 81.3. The van der Waals surface area contributed by atoms with E-state index in [1.165, 1.54) is 147 Å². The van der Waals surface area contributed by atoms with Gasteiger partial charge in [-0.25, -0.2) is 0 Å². The maximum Gasteiger partial charge on any atom is 0.0465 e. The summed E-state index contributed by atoms with van der Waals surface area (Å²) in [4.78, 5) is 2.54. The summed E-state index contributed by atoms with van der Waals surface area (Å²) in [6.45, 7) is 4.79. The van der Waals surface area contributed by atoms with Gasteiger partial charge >= 0.3 is 0 Å². The van der Waals surface area contributed by atoms with E-state index in [4.69, 9.17) is 0 Å². The predicted molar refractivity (Wildman–Crippen MR) is 309 cm³/mol. The van der Waals surface area contributed by atoms with Crippen molar-refractivity contribution in [1.82, 2.24) is 0 Å². The third-order valence-corrected chi connectivity index (χ3v) is 20.1. The van der Waals surface area contributed by atoms with Crippen molar-refractivity contribution in [1.29, 1.82) is 0 Å².